The van der Waals surface area contributed by atoms with Gasteiger partial charge in [-0.05, 0) is 173 Å². The van der Waals surface area contributed by atoms with Gasteiger partial charge in [0, 0.05) is 0 Å². The van der Waals surface area contributed by atoms with Crippen LogP contribution in [0, 0.1) is 0 Å². The van der Waals surface area contributed by atoms with Gasteiger partial charge in [-0.3, -0.25) is 0 Å². The normalized spacial score (nSPS) is 11.8. The standard InChI is InChI=1S/C64H90O10Si3/c1-9-10-11-12-13-14-17-20-23-26-48-68-58-42-36-54(37-43-58)63(66)71-60-46-38-55(39-47-60)64(67)72-61-31-29-30-56(51-61)52-32-44-59(45-33-52)70-62(65)53-34-40-57(41-35-53)69-49-27-24-21-18-15-16-19-22-25-28-50-77(8,73-75(2,3)4)74-76(5,6)7/h29-47,51H,9-28,48-50H2,1-8H3. The lowest BCUT2D eigenvalue weighted by Crippen LogP contribution is -2.52. The molecule has 0 aliphatic carbocycles. The van der Waals surface area contributed by atoms with E-state index in [4.69, 9.17) is 31.9 Å². The largest absolute Gasteiger partial charge is 0.494 e. The summed E-state index contributed by atoms with van der Waals surface area (Å²) in [5.41, 5.74) is 2.79. The number of carbonyl (C=O) groups excluding carboxylic acids is 3. The van der Waals surface area contributed by atoms with Crippen molar-refractivity contribution in [3.63, 3.8) is 0 Å². The predicted molar refractivity (Wildman–Crippen MR) is 320 cm³/mol. The molecule has 5 aromatic carbocycles. The van der Waals surface area contributed by atoms with E-state index in [1.165, 1.54) is 103 Å². The van der Waals surface area contributed by atoms with Crippen LogP contribution in [0.4, 0.5) is 0 Å². The molecular weight excluding hydrogens is 1010 g/mol. The molecule has 0 aliphatic rings. The second-order valence-corrected chi connectivity index (χ2v) is 35.4. The van der Waals surface area contributed by atoms with Crippen LogP contribution in [0.1, 0.15) is 166 Å². The highest BCUT2D eigenvalue weighted by atomic mass is 28.5. The van der Waals surface area contributed by atoms with E-state index in [0.29, 0.717) is 47.2 Å². The van der Waals surface area contributed by atoms with Crippen molar-refractivity contribution in [2.75, 3.05) is 13.2 Å². The van der Waals surface area contributed by atoms with Gasteiger partial charge in [0.25, 0.3) is 0 Å². The van der Waals surface area contributed by atoms with Gasteiger partial charge in [0.05, 0.1) is 29.9 Å². The van der Waals surface area contributed by atoms with Crippen molar-refractivity contribution < 1.29 is 46.3 Å². The number of rotatable bonds is 37. The topological polar surface area (TPSA) is 116 Å². The van der Waals surface area contributed by atoms with Crippen LogP contribution >= 0.6 is 0 Å². The molecule has 0 spiro atoms. The third-order valence-electron chi connectivity index (χ3n) is 13.0. The predicted octanol–water partition coefficient (Wildman–Crippen LogP) is 18.4. The van der Waals surface area contributed by atoms with E-state index in [0.717, 1.165) is 54.4 Å². The minimum Gasteiger partial charge on any atom is -0.494 e. The number of carbonyl (C=O) groups is 3. The molecule has 0 fully saturated rings. The van der Waals surface area contributed by atoms with Crippen molar-refractivity contribution in [2.45, 2.75) is 187 Å². The number of benzene rings is 5. The second kappa shape index (κ2) is 33.2. The van der Waals surface area contributed by atoms with Crippen molar-refractivity contribution in [3.8, 4) is 39.9 Å². The number of esters is 3. The van der Waals surface area contributed by atoms with Gasteiger partial charge in [0.1, 0.15) is 28.7 Å². The van der Waals surface area contributed by atoms with Crippen LogP contribution in [0.2, 0.25) is 51.9 Å². The summed E-state index contributed by atoms with van der Waals surface area (Å²) < 4.78 is 42.1. The Balaban J connectivity index is 0.931. The first kappa shape index (κ1) is 62.5. The van der Waals surface area contributed by atoms with Crippen LogP contribution in [0.25, 0.3) is 11.1 Å². The van der Waals surface area contributed by atoms with E-state index >= 15 is 0 Å². The summed E-state index contributed by atoms with van der Waals surface area (Å²) in [7, 11) is -5.39. The summed E-state index contributed by atoms with van der Waals surface area (Å²) in [6, 6.07) is 35.7. The molecule has 0 amide bonds. The molecule has 418 valence electrons. The fourth-order valence-corrected chi connectivity index (χ4v) is 21.9. The van der Waals surface area contributed by atoms with Gasteiger partial charge in [0.2, 0.25) is 0 Å². The Morgan fingerprint density at radius 2 is 0.688 bits per heavy atom. The average molecular weight is 1100 g/mol. The molecule has 0 saturated heterocycles. The zero-order valence-corrected chi connectivity index (χ0v) is 50.9. The van der Waals surface area contributed by atoms with Crippen LogP contribution in [0.15, 0.2) is 121 Å². The van der Waals surface area contributed by atoms with Crippen LogP contribution in [-0.2, 0) is 8.23 Å². The van der Waals surface area contributed by atoms with E-state index < -0.39 is 43.1 Å². The molecule has 77 heavy (non-hydrogen) atoms. The van der Waals surface area contributed by atoms with Gasteiger partial charge < -0.3 is 31.9 Å². The van der Waals surface area contributed by atoms with Gasteiger partial charge in [-0.25, -0.2) is 14.4 Å². The van der Waals surface area contributed by atoms with Gasteiger partial charge in [-0.2, -0.15) is 0 Å². The van der Waals surface area contributed by atoms with Crippen LogP contribution in [-0.4, -0.2) is 56.3 Å². The number of hydrogen-bond donors (Lipinski definition) is 0. The van der Waals surface area contributed by atoms with Crippen molar-refractivity contribution >= 4 is 43.1 Å². The highest BCUT2D eigenvalue weighted by Gasteiger charge is 2.39. The van der Waals surface area contributed by atoms with Crippen LogP contribution in [0.3, 0.4) is 0 Å². The number of unbranched alkanes of at least 4 members (excludes halogenated alkanes) is 18. The Labute approximate surface area is 465 Å². The molecule has 0 radical (unpaired) electrons. The van der Waals surface area contributed by atoms with Gasteiger partial charge >= 0.3 is 26.5 Å². The summed E-state index contributed by atoms with van der Waals surface area (Å²) in [4.78, 5) is 39.0. The zero-order chi connectivity index (χ0) is 55.4. The van der Waals surface area contributed by atoms with E-state index in [2.05, 4.69) is 52.8 Å². The third-order valence-corrected chi connectivity index (χ3v) is 22.6. The molecular formula is C64H90O10Si3. The van der Waals surface area contributed by atoms with E-state index in [-0.39, 0.29) is 0 Å². The monoisotopic (exact) mass is 1100 g/mol. The van der Waals surface area contributed by atoms with Crippen LogP contribution in [0.5, 0.6) is 28.7 Å². The van der Waals surface area contributed by atoms with Crippen LogP contribution < -0.4 is 23.7 Å². The first-order valence-corrected chi connectivity index (χ1v) is 38.1. The van der Waals surface area contributed by atoms with Crippen molar-refractivity contribution in [1.29, 1.82) is 0 Å². The average Bonchev–Trinajstić information content (AvgIpc) is 3.39. The Morgan fingerprint density at radius 1 is 0.351 bits per heavy atom. The molecule has 10 nitrogen and oxygen atoms in total. The Bertz CT molecular complexity index is 2470. The maximum Gasteiger partial charge on any atom is 0.343 e. The van der Waals surface area contributed by atoms with Crippen molar-refractivity contribution in [2.24, 2.45) is 0 Å². The highest BCUT2D eigenvalue weighted by molar-refractivity contribution is 6.87. The summed E-state index contributed by atoms with van der Waals surface area (Å²) in [5.74, 6) is 1.01. The maximum atomic E-state index is 13.1. The quantitative estimate of drug-likeness (QED) is 0.0165. The van der Waals surface area contributed by atoms with Gasteiger partial charge in [0.15, 0.2) is 16.6 Å². The summed E-state index contributed by atoms with van der Waals surface area (Å²) in [6.45, 7) is 19.5. The maximum absolute atomic E-state index is 13.1. The lowest BCUT2D eigenvalue weighted by atomic mass is 10.1. The smallest absolute Gasteiger partial charge is 0.343 e. The molecule has 0 aliphatic heterocycles. The zero-order valence-electron chi connectivity index (χ0n) is 47.9. The molecule has 0 N–H and O–H groups in total. The Kier molecular flexibility index (Phi) is 27.0. The summed E-state index contributed by atoms with van der Waals surface area (Å²) in [6.07, 6.45) is 25.0. The molecule has 0 atom stereocenters. The fourth-order valence-electron chi connectivity index (χ4n) is 9.34. The summed E-state index contributed by atoms with van der Waals surface area (Å²) >= 11 is 0. The van der Waals surface area contributed by atoms with E-state index in [9.17, 15) is 14.4 Å². The number of hydrogen-bond acceptors (Lipinski definition) is 10. The first-order valence-electron chi connectivity index (χ1n) is 28.8. The van der Waals surface area contributed by atoms with Crippen molar-refractivity contribution in [3.05, 3.63) is 138 Å². The molecule has 0 aromatic heterocycles. The molecule has 13 heteroatoms. The molecule has 0 unspecified atom stereocenters. The minimum atomic E-state index is -2.11. The number of ether oxygens (including phenoxy) is 5. The summed E-state index contributed by atoms with van der Waals surface area (Å²) in [5, 5.41) is 0. The molecule has 0 bridgehead atoms. The van der Waals surface area contributed by atoms with E-state index in [1.807, 2.05) is 30.3 Å². The minimum absolute atomic E-state index is 0.300. The van der Waals surface area contributed by atoms with Gasteiger partial charge in [-0.1, -0.05) is 147 Å². The van der Waals surface area contributed by atoms with E-state index in [1.54, 1.807) is 91.0 Å². The molecule has 0 heterocycles. The Hall–Kier alpha value is -5.32. The van der Waals surface area contributed by atoms with Gasteiger partial charge in [-0.15, -0.1) is 0 Å². The van der Waals surface area contributed by atoms with Crippen molar-refractivity contribution in [1.82, 2.24) is 0 Å². The Morgan fingerprint density at radius 3 is 1.08 bits per heavy atom. The molecule has 5 rings (SSSR count). The first-order chi connectivity index (χ1) is 37.0. The SMILES string of the molecule is CCCCCCCCCCCCOc1ccc(C(=O)Oc2ccc(C(=O)Oc3cccc(-c4ccc(OC(=O)c5ccc(OCCCCCCCCCCCC[Si](C)(O[Si](C)(C)C)O[Si](C)(C)C)cc5)cc4)c3)cc2)cc1. The lowest BCUT2D eigenvalue weighted by molar-refractivity contribution is 0.0723. The fraction of sp³-hybridized carbons (Fsp3) is 0.484. The molecule has 5 aromatic rings. The lowest BCUT2D eigenvalue weighted by Gasteiger charge is -2.38. The second-order valence-electron chi connectivity index (χ2n) is 22.5. The molecule has 0 saturated carbocycles. The highest BCUT2D eigenvalue weighted by Crippen LogP contribution is 2.29. The third kappa shape index (κ3) is 25.4.